The monoisotopic (exact) mass is 411 g/mol. The summed E-state index contributed by atoms with van der Waals surface area (Å²) < 4.78 is 33.0. The number of amides is 1. The maximum absolute atomic E-state index is 10.9. The minimum Gasteiger partial charge on any atom is -0.448 e. The Morgan fingerprint density at radius 2 is 1.30 bits per heavy atom. The standard InChI is InChI=1S/C17H37NO8Si/c1-5-22-17(19)18-23-15-14-21-13-12-20-11-9-10-16-27(24-6-2,25-7-3)26-8-4/h5-16H2,1-4H3,(H,18,19). The highest BCUT2D eigenvalue weighted by Crippen LogP contribution is 2.19. The molecule has 0 aliphatic carbocycles. The highest BCUT2D eigenvalue weighted by atomic mass is 28.4. The molecule has 1 amide bonds. The second-order valence-electron chi connectivity index (χ2n) is 5.33. The van der Waals surface area contributed by atoms with Gasteiger partial charge in [-0.25, -0.2) is 4.79 Å². The highest BCUT2D eigenvalue weighted by molar-refractivity contribution is 6.60. The first-order valence-electron chi connectivity index (χ1n) is 9.75. The van der Waals surface area contributed by atoms with E-state index in [0.717, 1.165) is 18.9 Å². The normalized spacial score (nSPS) is 11.6. The van der Waals surface area contributed by atoms with E-state index in [1.54, 1.807) is 6.92 Å². The molecular weight excluding hydrogens is 374 g/mol. The summed E-state index contributed by atoms with van der Waals surface area (Å²) in [5.74, 6) is 0. The molecule has 10 heteroatoms. The molecule has 0 spiro atoms. The summed E-state index contributed by atoms with van der Waals surface area (Å²) in [6.07, 6.45) is 1.24. The summed E-state index contributed by atoms with van der Waals surface area (Å²) in [4.78, 5) is 15.8. The number of hydrogen-bond acceptors (Lipinski definition) is 8. The highest BCUT2D eigenvalue weighted by Gasteiger charge is 2.39. The largest absolute Gasteiger partial charge is 0.500 e. The van der Waals surface area contributed by atoms with Gasteiger partial charge in [0.05, 0.1) is 33.0 Å². The van der Waals surface area contributed by atoms with Gasteiger partial charge in [-0.1, -0.05) is 0 Å². The Balaban J connectivity index is 3.58. The van der Waals surface area contributed by atoms with E-state index in [2.05, 4.69) is 10.2 Å². The van der Waals surface area contributed by atoms with Gasteiger partial charge in [-0.2, -0.15) is 5.48 Å². The minimum atomic E-state index is -2.54. The Kier molecular flexibility index (Phi) is 18.1. The number of nitrogens with one attached hydrogen (secondary N) is 1. The lowest BCUT2D eigenvalue weighted by Gasteiger charge is -2.28. The van der Waals surface area contributed by atoms with Crippen molar-refractivity contribution in [2.24, 2.45) is 0 Å². The van der Waals surface area contributed by atoms with E-state index in [1.165, 1.54) is 0 Å². The molecule has 0 unspecified atom stereocenters. The average Bonchev–Trinajstić information content (AvgIpc) is 2.63. The van der Waals surface area contributed by atoms with Crippen molar-refractivity contribution in [2.45, 2.75) is 46.6 Å². The van der Waals surface area contributed by atoms with Crippen LogP contribution in [0.1, 0.15) is 40.5 Å². The van der Waals surface area contributed by atoms with Crippen molar-refractivity contribution in [3.63, 3.8) is 0 Å². The molecule has 0 aromatic rings. The summed E-state index contributed by atoms with van der Waals surface area (Å²) in [7, 11) is -2.54. The zero-order chi connectivity index (χ0) is 20.2. The molecule has 0 aliphatic rings. The third-order valence-electron chi connectivity index (χ3n) is 3.25. The van der Waals surface area contributed by atoms with Crippen molar-refractivity contribution in [1.82, 2.24) is 5.48 Å². The molecule has 162 valence electrons. The molecule has 1 N–H and O–H groups in total. The fourth-order valence-corrected chi connectivity index (χ4v) is 4.93. The van der Waals surface area contributed by atoms with Gasteiger partial charge in [0.2, 0.25) is 0 Å². The number of hydrogen-bond donors (Lipinski definition) is 1. The molecule has 0 saturated heterocycles. The van der Waals surface area contributed by atoms with Gasteiger partial charge in [0.15, 0.2) is 0 Å². The lowest BCUT2D eigenvalue weighted by atomic mass is 10.4. The Hall–Kier alpha value is -0.753. The fraction of sp³-hybridized carbons (Fsp3) is 0.941. The van der Waals surface area contributed by atoms with Gasteiger partial charge >= 0.3 is 14.9 Å². The Bertz CT molecular complexity index is 332. The van der Waals surface area contributed by atoms with Gasteiger partial charge in [0.25, 0.3) is 0 Å². The zero-order valence-electron chi connectivity index (χ0n) is 17.3. The van der Waals surface area contributed by atoms with Crippen molar-refractivity contribution in [3.05, 3.63) is 0 Å². The van der Waals surface area contributed by atoms with E-state index in [-0.39, 0.29) is 6.61 Å². The molecule has 0 bridgehead atoms. The van der Waals surface area contributed by atoms with Crippen LogP contribution < -0.4 is 5.48 Å². The molecule has 0 aliphatic heterocycles. The lowest BCUT2D eigenvalue weighted by Crippen LogP contribution is -2.45. The second-order valence-corrected chi connectivity index (χ2v) is 8.07. The molecule has 0 saturated carbocycles. The molecule has 0 rings (SSSR count). The zero-order valence-corrected chi connectivity index (χ0v) is 18.3. The molecule has 0 atom stereocenters. The Morgan fingerprint density at radius 1 is 0.741 bits per heavy atom. The summed E-state index contributed by atoms with van der Waals surface area (Å²) in [6.45, 7) is 11.9. The fourth-order valence-electron chi connectivity index (χ4n) is 2.24. The lowest BCUT2D eigenvalue weighted by molar-refractivity contribution is -0.0178. The van der Waals surface area contributed by atoms with Crippen LogP contribution in [-0.2, 0) is 32.3 Å². The van der Waals surface area contributed by atoms with Crippen LogP contribution in [0.25, 0.3) is 0 Å². The maximum atomic E-state index is 10.9. The number of rotatable bonds is 19. The van der Waals surface area contributed by atoms with Crippen molar-refractivity contribution < 1.29 is 37.1 Å². The second kappa shape index (κ2) is 18.6. The van der Waals surface area contributed by atoms with Gasteiger partial charge in [-0.15, -0.1) is 0 Å². The summed E-state index contributed by atoms with van der Waals surface area (Å²) in [5, 5.41) is 0. The number of hydroxylamine groups is 1. The molecule has 0 fully saturated rings. The van der Waals surface area contributed by atoms with E-state index < -0.39 is 14.9 Å². The van der Waals surface area contributed by atoms with E-state index in [1.807, 2.05) is 20.8 Å². The van der Waals surface area contributed by atoms with Crippen LogP contribution in [0.15, 0.2) is 0 Å². The Morgan fingerprint density at radius 3 is 1.85 bits per heavy atom. The SMILES string of the molecule is CCOC(=O)NOCCOCCOCCCC[Si](OCC)(OCC)OCC. The van der Waals surface area contributed by atoms with E-state index in [0.29, 0.717) is 52.9 Å². The van der Waals surface area contributed by atoms with Gasteiger partial charge in [0, 0.05) is 32.5 Å². The number of carbonyl (C=O) groups is 1. The Labute approximate surface area is 164 Å². The van der Waals surface area contributed by atoms with Crippen LogP contribution in [0.5, 0.6) is 0 Å². The first kappa shape index (κ1) is 26.2. The smallest absolute Gasteiger partial charge is 0.448 e. The molecule has 0 aromatic heterocycles. The number of ether oxygens (including phenoxy) is 3. The molecule has 9 nitrogen and oxygen atoms in total. The minimum absolute atomic E-state index is 0.248. The van der Waals surface area contributed by atoms with Gasteiger partial charge in [-0.3, -0.25) is 4.84 Å². The predicted molar refractivity (Wildman–Crippen MR) is 102 cm³/mol. The van der Waals surface area contributed by atoms with Crippen molar-refractivity contribution in [2.75, 3.05) is 59.5 Å². The molecule has 0 radical (unpaired) electrons. The third kappa shape index (κ3) is 14.9. The van der Waals surface area contributed by atoms with Crippen LogP contribution in [0.4, 0.5) is 4.79 Å². The molecule has 0 aromatic carbocycles. The van der Waals surface area contributed by atoms with Crippen LogP contribution >= 0.6 is 0 Å². The average molecular weight is 412 g/mol. The molecule has 27 heavy (non-hydrogen) atoms. The quantitative estimate of drug-likeness (QED) is 0.197. The third-order valence-corrected chi connectivity index (χ3v) is 6.40. The van der Waals surface area contributed by atoms with E-state index >= 15 is 0 Å². The van der Waals surface area contributed by atoms with Crippen LogP contribution in [0.3, 0.4) is 0 Å². The summed E-state index contributed by atoms with van der Waals surface area (Å²) in [5.41, 5.74) is 2.15. The van der Waals surface area contributed by atoms with Crippen LogP contribution in [-0.4, -0.2) is 74.4 Å². The van der Waals surface area contributed by atoms with Gasteiger partial charge in [0.1, 0.15) is 0 Å². The molecular formula is C17H37NO8Si. The van der Waals surface area contributed by atoms with Gasteiger partial charge in [-0.05, 0) is 40.5 Å². The summed E-state index contributed by atoms with van der Waals surface area (Å²) in [6, 6.07) is 0.799. The maximum Gasteiger partial charge on any atom is 0.500 e. The number of unbranched alkanes of at least 4 members (excludes halogenated alkanes) is 1. The van der Waals surface area contributed by atoms with Crippen LogP contribution in [0.2, 0.25) is 6.04 Å². The van der Waals surface area contributed by atoms with Crippen molar-refractivity contribution >= 4 is 14.9 Å². The topological polar surface area (TPSA) is 93.7 Å². The first-order chi connectivity index (χ1) is 13.1. The van der Waals surface area contributed by atoms with Gasteiger partial charge < -0.3 is 27.5 Å². The number of carbonyl (C=O) groups excluding carboxylic acids is 1. The van der Waals surface area contributed by atoms with Crippen LogP contribution in [0, 0.1) is 0 Å². The van der Waals surface area contributed by atoms with E-state index in [9.17, 15) is 4.79 Å². The van der Waals surface area contributed by atoms with Crippen molar-refractivity contribution in [1.29, 1.82) is 0 Å². The molecule has 0 heterocycles. The van der Waals surface area contributed by atoms with Crippen molar-refractivity contribution in [3.8, 4) is 0 Å². The predicted octanol–water partition coefficient (Wildman–Crippen LogP) is 2.53. The van der Waals surface area contributed by atoms with E-state index in [4.69, 9.17) is 27.6 Å². The summed E-state index contributed by atoms with van der Waals surface area (Å²) >= 11 is 0. The first-order valence-corrected chi connectivity index (χ1v) is 11.7.